The second-order valence-electron chi connectivity index (χ2n) is 3.04. The van der Waals surface area contributed by atoms with E-state index < -0.39 is 9.89 Å². The average Bonchev–Trinajstić information content (AvgIpc) is 2.46. The van der Waals surface area contributed by atoms with E-state index in [0.717, 1.165) is 0 Å². The van der Waals surface area contributed by atoms with Crippen LogP contribution in [0.4, 0.5) is 4.79 Å². The Labute approximate surface area is 107 Å². The minimum atomic E-state index is -1.56. The fourth-order valence-corrected chi connectivity index (χ4v) is 0.983. The SMILES string of the molecule is Cc1noc(OC(=O)NCC(Cl)(Cl)Cl)c1C. The second-order valence-corrected chi connectivity index (χ2v) is 5.55. The molecule has 0 aliphatic heterocycles. The fraction of sp³-hybridized carbons (Fsp3) is 0.500. The Morgan fingerprint density at radius 1 is 1.50 bits per heavy atom. The standard InChI is InChI=1S/C8H9Cl3N2O3/c1-4-5(2)13-16-6(4)15-7(14)12-3-8(9,10)11/h3H2,1-2H3,(H,12,14). The number of alkyl halides is 3. The van der Waals surface area contributed by atoms with E-state index >= 15 is 0 Å². The van der Waals surface area contributed by atoms with Gasteiger partial charge in [-0.15, -0.1) is 0 Å². The minimum Gasteiger partial charge on any atom is -0.374 e. The van der Waals surface area contributed by atoms with Gasteiger partial charge in [0.15, 0.2) is 0 Å². The zero-order valence-corrected chi connectivity index (χ0v) is 10.8. The summed E-state index contributed by atoms with van der Waals surface area (Å²) in [7, 11) is 0. The molecule has 1 rings (SSSR count). The van der Waals surface area contributed by atoms with Gasteiger partial charge in [0.25, 0.3) is 0 Å². The molecule has 90 valence electrons. The number of amides is 1. The van der Waals surface area contributed by atoms with Crippen molar-refractivity contribution in [2.24, 2.45) is 0 Å². The largest absolute Gasteiger partial charge is 0.415 e. The summed E-state index contributed by atoms with van der Waals surface area (Å²) in [6, 6.07) is 0. The lowest BCUT2D eigenvalue weighted by Gasteiger charge is -2.10. The van der Waals surface area contributed by atoms with E-state index in [0.29, 0.717) is 11.3 Å². The molecule has 0 aliphatic carbocycles. The Bertz CT molecular complexity index is 386. The van der Waals surface area contributed by atoms with Crippen LogP contribution in [-0.4, -0.2) is 21.6 Å². The molecule has 1 aromatic rings. The van der Waals surface area contributed by atoms with Gasteiger partial charge in [0.2, 0.25) is 3.79 Å². The third-order valence-corrected chi connectivity index (χ3v) is 2.13. The first kappa shape index (κ1) is 13.4. The van der Waals surface area contributed by atoms with Gasteiger partial charge < -0.3 is 14.6 Å². The molecule has 0 unspecified atom stereocenters. The topological polar surface area (TPSA) is 64.4 Å². The van der Waals surface area contributed by atoms with Crippen molar-refractivity contribution in [2.45, 2.75) is 17.6 Å². The first-order valence-corrected chi connectivity index (χ1v) is 5.38. The van der Waals surface area contributed by atoms with Gasteiger partial charge in [0.1, 0.15) is 0 Å². The summed E-state index contributed by atoms with van der Waals surface area (Å²) in [6.07, 6.45) is -0.773. The van der Waals surface area contributed by atoms with Crippen LogP contribution in [0.1, 0.15) is 11.3 Å². The number of hydrogen-bond acceptors (Lipinski definition) is 4. The highest BCUT2D eigenvalue weighted by Crippen LogP contribution is 2.24. The highest BCUT2D eigenvalue weighted by atomic mass is 35.6. The first-order chi connectivity index (χ1) is 7.29. The average molecular weight is 288 g/mol. The van der Waals surface area contributed by atoms with Gasteiger partial charge in [-0.1, -0.05) is 40.0 Å². The smallest absolute Gasteiger partial charge is 0.374 e. The van der Waals surface area contributed by atoms with Crippen LogP contribution in [0.5, 0.6) is 5.95 Å². The maximum atomic E-state index is 11.2. The van der Waals surface area contributed by atoms with E-state index in [1.54, 1.807) is 13.8 Å². The third-order valence-electron chi connectivity index (χ3n) is 1.73. The lowest BCUT2D eigenvalue weighted by atomic mass is 10.3. The maximum Gasteiger partial charge on any atom is 0.415 e. The van der Waals surface area contributed by atoms with Crippen molar-refractivity contribution in [1.82, 2.24) is 10.5 Å². The number of halogens is 3. The molecule has 0 atom stereocenters. The molecular weight excluding hydrogens is 278 g/mol. The quantitative estimate of drug-likeness (QED) is 0.850. The number of carbonyl (C=O) groups is 1. The van der Waals surface area contributed by atoms with Crippen LogP contribution in [0.25, 0.3) is 0 Å². The molecule has 16 heavy (non-hydrogen) atoms. The van der Waals surface area contributed by atoms with E-state index in [1.165, 1.54) is 0 Å². The second kappa shape index (κ2) is 5.12. The molecule has 0 saturated carbocycles. The first-order valence-electron chi connectivity index (χ1n) is 4.25. The molecule has 1 heterocycles. The summed E-state index contributed by atoms with van der Waals surface area (Å²) in [5.41, 5.74) is 1.29. The fourth-order valence-electron chi connectivity index (χ4n) is 0.782. The van der Waals surface area contributed by atoms with E-state index in [-0.39, 0.29) is 12.5 Å². The summed E-state index contributed by atoms with van der Waals surface area (Å²) >= 11 is 16.3. The van der Waals surface area contributed by atoms with E-state index in [9.17, 15) is 4.79 Å². The van der Waals surface area contributed by atoms with Crippen LogP contribution in [0, 0.1) is 13.8 Å². The highest BCUT2D eigenvalue weighted by Gasteiger charge is 2.22. The van der Waals surface area contributed by atoms with E-state index in [4.69, 9.17) is 44.1 Å². The van der Waals surface area contributed by atoms with Gasteiger partial charge in [-0.3, -0.25) is 0 Å². The lowest BCUT2D eigenvalue weighted by Crippen LogP contribution is -2.34. The molecule has 1 aromatic heterocycles. The predicted molar refractivity (Wildman–Crippen MR) is 60.3 cm³/mol. The summed E-state index contributed by atoms with van der Waals surface area (Å²) in [4.78, 5) is 11.2. The number of aromatic nitrogens is 1. The van der Waals surface area contributed by atoms with Crippen molar-refractivity contribution in [3.05, 3.63) is 11.3 Å². The van der Waals surface area contributed by atoms with Gasteiger partial charge in [0.05, 0.1) is 17.8 Å². The molecule has 1 amide bonds. The predicted octanol–water partition coefficient (Wildman–Crippen LogP) is 2.75. The van der Waals surface area contributed by atoms with Crippen LogP contribution in [0.3, 0.4) is 0 Å². The Hall–Kier alpha value is -0.650. The minimum absolute atomic E-state index is 0.0271. The van der Waals surface area contributed by atoms with Gasteiger partial charge in [-0.2, -0.15) is 0 Å². The van der Waals surface area contributed by atoms with Gasteiger partial charge in [-0.25, -0.2) is 4.79 Å². The van der Waals surface area contributed by atoms with Gasteiger partial charge in [-0.05, 0) is 13.8 Å². The van der Waals surface area contributed by atoms with Crippen LogP contribution in [0.15, 0.2) is 4.52 Å². The van der Waals surface area contributed by atoms with Crippen molar-refractivity contribution < 1.29 is 14.1 Å². The number of nitrogens with one attached hydrogen (secondary N) is 1. The highest BCUT2D eigenvalue weighted by molar-refractivity contribution is 6.67. The molecule has 0 radical (unpaired) electrons. The maximum absolute atomic E-state index is 11.2. The number of ether oxygens (including phenoxy) is 1. The summed E-state index contributed by atoms with van der Waals surface area (Å²) < 4.78 is 8.01. The van der Waals surface area contributed by atoms with Crippen LogP contribution in [0.2, 0.25) is 0 Å². The van der Waals surface area contributed by atoms with Crippen LogP contribution in [-0.2, 0) is 0 Å². The summed E-state index contributed by atoms with van der Waals surface area (Å²) in [5, 5.41) is 5.88. The number of aryl methyl sites for hydroxylation is 1. The number of rotatable bonds is 2. The van der Waals surface area contributed by atoms with Crippen molar-refractivity contribution in [3.63, 3.8) is 0 Å². The molecular formula is C8H9Cl3N2O3. The molecule has 0 saturated heterocycles. The molecule has 0 aromatic carbocycles. The Morgan fingerprint density at radius 2 is 2.12 bits per heavy atom. The van der Waals surface area contributed by atoms with Crippen molar-refractivity contribution in [1.29, 1.82) is 0 Å². The number of carbonyl (C=O) groups excluding carboxylic acids is 1. The van der Waals surface area contributed by atoms with Crippen molar-refractivity contribution in [3.8, 4) is 5.95 Å². The molecule has 5 nitrogen and oxygen atoms in total. The third kappa shape index (κ3) is 4.08. The molecule has 0 bridgehead atoms. The van der Waals surface area contributed by atoms with Gasteiger partial charge in [0, 0.05) is 0 Å². The van der Waals surface area contributed by atoms with E-state index in [2.05, 4.69) is 10.5 Å². The Balaban J connectivity index is 2.49. The molecule has 1 N–H and O–H groups in total. The zero-order valence-electron chi connectivity index (χ0n) is 8.51. The lowest BCUT2D eigenvalue weighted by molar-refractivity contribution is 0.180. The molecule has 0 fully saturated rings. The van der Waals surface area contributed by atoms with Gasteiger partial charge >= 0.3 is 12.0 Å². The van der Waals surface area contributed by atoms with Crippen molar-refractivity contribution >= 4 is 40.9 Å². The molecule has 0 aliphatic rings. The zero-order chi connectivity index (χ0) is 12.3. The monoisotopic (exact) mass is 286 g/mol. The van der Waals surface area contributed by atoms with E-state index in [1.807, 2.05) is 0 Å². The van der Waals surface area contributed by atoms with Crippen molar-refractivity contribution in [2.75, 3.05) is 6.54 Å². The van der Waals surface area contributed by atoms with Crippen LogP contribution >= 0.6 is 34.8 Å². The summed E-state index contributed by atoms with van der Waals surface area (Å²) in [6.45, 7) is 3.27. The summed E-state index contributed by atoms with van der Waals surface area (Å²) in [5.74, 6) is 0.0271. The molecule has 0 spiro atoms. The molecule has 8 heteroatoms. The normalized spacial score (nSPS) is 11.3. The van der Waals surface area contributed by atoms with Crippen LogP contribution < -0.4 is 10.1 Å². The number of hydrogen-bond donors (Lipinski definition) is 1. The Morgan fingerprint density at radius 3 is 2.56 bits per heavy atom. The number of nitrogens with zero attached hydrogens (tertiary/aromatic N) is 1. The Kier molecular flexibility index (Phi) is 4.29.